The van der Waals surface area contributed by atoms with Crippen LogP contribution in [0.25, 0.3) is 16.7 Å². The Kier molecular flexibility index (Phi) is 6.66. The highest BCUT2D eigenvalue weighted by molar-refractivity contribution is 5.77. The Balaban J connectivity index is 1.61. The fraction of sp³-hybridized carbons (Fsp3) is 0.381. The minimum atomic E-state index is -0.289. The summed E-state index contributed by atoms with van der Waals surface area (Å²) < 4.78 is 1.59. The molecular weight excluding hydrogens is 366 g/mol. The van der Waals surface area contributed by atoms with Crippen LogP contribution < -0.4 is 22.1 Å². The maximum Gasteiger partial charge on any atom is 0.354 e. The van der Waals surface area contributed by atoms with E-state index in [4.69, 9.17) is 5.73 Å². The van der Waals surface area contributed by atoms with Gasteiger partial charge in [-0.05, 0) is 42.6 Å². The van der Waals surface area contributed by atoms with Crippen molar-refractivity contribution in [3.8, 4) is 5.69 Å². The predicted octanol–water partition coefficient (Wildman–Crippen LogP) is 1.85. The van der Waals surface area contributed by atoms with Crippen molar-refractivity contribution in [2.24, 2.45) is 10.7 Å². The van der Waals surface area contributed by atoms with E-state index in [1.165, 1.54) is 0 Å². The highest BCUT2D eigenvalue weighted by atomic mass is 16.1. The van der Waals surface area contributed by atoms with Crippen molar-refractivity contribution in [2.45, 2.75) is 32.7 Å². The van der Waals surface area contributed by atoms with Gasteiger partial charge in [-0.15, -0.1) is 0 Å². The van der Waals surface area contributed by atoms with Crippen molar-refractivity contribution in [3.05, 3.63) is 58.3 Å². The lowest BCUT2D eigenvalue weighted by Gasteiger charge is -2.08. The Bertz CT molecular complexity index is 1030. The van der Waals surface area contributed by atoms with E-state index in [1.807, 2.05) is 30.5 Å². The molecule has 3 aromatic rings. The standard InChI is InChI=1S/C21H29N7O/c1-14(2)18-11-16-13-28(21(29)27-19(16)26-18)17-7-5-15(6-8-17)12-24-9-4-10-25-20(22)23-3/h5-8,11,13-14,24H,4,9-10,12H2,1-3H3,(H3,22,23,25)(H,26,27,29). The Labute approximate surface area is 170 Å². The number of aromatic nitrogens is 3. The van der Waals surface area contributed by atoms with Crippen LogP contribution >= 0.6 is 0 Å². The normalized spacial score (nSPS) is 12.1. The first-order valence-corrected chi connectivity index (χ1v) is 9.86. The first kappa shape index (κ1) is 20.6. The van der Waals surface area contributed by atoms with Gasteiger partial charge in [0.05, 0.1) is 5.69 Å². The molecule has 1 aromatic carbocycles. The van der Waals surface area contributed by atoms with Crippen molar-refractivity contribution >= 4 is 17.0 Å². The first-order chi connectivity index (χ1) is 14.0. The van der Waals surface area contributed by atoms with Crippen LogP contribution in [0, 0.1) is 0 Å². The van der Waals surface area contributed by atoms with Gasteiger partial charge in [-0.3, -0.25) is 9.56 Å². The molecule has 0 spiro atoms. The smallest absolute Gasteiger partial charge is 0.354 e. The molecule has 0 aliphatic carbocycles. The Morgan fingerprint density at radius 2 is 2.03 bits per heavy atom. The number of benzene rings is 1. The molecule has 8 nitrogen and oxygen atoms in total. The number of fused-ring (bicyclic) bond motifs is 1. The van der Waals surface area contributed by atoms with Gasteiger partial charge in [0.2, 0.25) is 0 Å². The van der Waals surface area contributed by atoms with Crippen LogP contribution in [0.5, 0.6) is 0 Å². The van der Waals surface area contributed by atoms with Crippen LogP contribution in [-0.4, -0.2) is 40.6 Å². The second kappa shape index (κ2) is 9.38. The van der Waals surface area contributed by atoms with Crippen LogP contribution in [0.1, 0.15) is 37.4 Å². The average molecular weight is 396 g/mol. The molecule has 0 aliphatic heterocycles. The number of aliphatic imine (C=N–C) groups is 1. The lowest BCUT2D eigenvalue weighted by molar-refractivity contribution is 0.639. The molecule has 2 heterocycles. The highest BCUT2D eigenvalue weighted by Crippen LogP contribution is 2.19. The molecule has 0 saturated carbocycles. The van der Waals surface area contributed by atoms with Crippen molar-refractivity contribution in [3.63, 3.8) is 0 Å². The number of nitrogens with two attached hydrogens (primary N) is 1. The minimum absolute atomic E-state index is 0.289. The summed E-state index contributed by atoms with van der Waals surface area (Å²) in [4.78, 5) is 23.7. The van der Waals surface area contributed by atoms with Crippen LogP contribution in [0.4, 0.5) is 0 Å². The predicted molar refractivity (Wildman–Crippen MR) is 118 cm³/mol. The number of H-pyrrole nitrogens is 1. The van der Waals surface area contributed by atoms with E-state index >= 15 is 0 Å². The SMILES string of the molecule is C/N=C(/N)NCCCNCc1ccc(-n2cc3cc(C(C)C)[nH]c3nc2=O)cc1. The molecule has 0 saturated heterocycles. The van der Waals surface area contributed by atoms with E-state index < -0.39 is 0 Å². The molecule has 0 aliphatic rings. The van der Waals surface area contributed by atoms with Gasteiger partial charge in [0.1, 0.15) is 5.65 Å². The molecule has 0 amide bonds. The van der Waals surface area contributed by atoms with Gasteiger partial charge >= 0.3 is 5.69 Å². The number of rotatable bonds is 8. The van der Waals surface area contributed by atoms with Crippen molar-refractivity contribution < 1.29 is 0 Å². The van der Waals surface area contributed by atoms with Gasteiger partial charge in [0.15, 0.2) is 5.96 Å². The lowest BCUT2D eigenvalue weighted by Crippen LogP contribution is -2.33. The van der Waals surface area contributed by atoms with E-state index in [0.29, 0.717) is 17.5 Å². The van der Waals surface area contributed by atoms with Gasteiger partial charge in [0.25, 0.3) is 0 Å². The summed E-state index contributed by atoms with van der Waals surface area (Å²) in [5.41, 5.74) is 8.97. The summed E-state index contributed by atoms with van der Waals surface area (Å²) in [6.45, 7) is 6.63. The summed E-state index contributed by atoms with van der Waals surface area (Å²) in [5, 5.41) is 7.36. The Morgan fingerprint density at radius 3 is 2.72 bits per heavy atom. The summed E-state index contributed by atoms with van der Waals surface area (Å²) in [5.74, 6) is 0.816. The van der Waals surface area contributed by atoms with E-state index in [-0.39, 0.29) is 5.69 Å². The highest BCUT2D eigenvalue weighted by Gasteiger charge is 2.09. The van der Waals surface area contributed by atoms with Crippen molar-refractivity contribution in [2.75, 3.05) is 20.1 Å². The number of aromatic amines is 1. The monoisotopic (exact) mass is 395 g/mol. The second-order valence-electron chi connectivity index (χ2n) is 7.31. The minimum Gasteiger partial charge on any atom is -0.370 e. The average Bonchev–Trinajstić information content (AvgIpc) is 3.13. The van der Waals surface area contributed by atoms with Gasteiger partial charge in [-0.2, -0.15) is 4.98 Å². The van der Waals surface area contributed by atoms with Gasteiger partial charge in [-0.1, -0.05) is 26.0 Å². The number of hydrogen-bond acceptors (Lipinski definition) is 4. The van der Waals surface area contributed by atoms with Gasteiger partial charge in [-0.25, -0.2) is 4.79 Å². The number of nitrogens with zero attached hydrogens (tertiary/aromatic N) is 3. The third-order valence-corrected chi connectivity index (χ3v) is 4.77. The Hall–Kier alpha value is -3.13. The van der Waals surface area contributed by atoms with E-state index in [0.717, 1.165) is 48.4 Å². The van der Waals surface area contributed by atoms with E-state index in [1.54, 1.807) is 11.6 Å². The molecule has 154 valence electrons. The van der Waals surface area contributed by atoms with Crippen molar-refractivity contribution in [1.82, 2.24) is 25.2 Å². The number of nitrogens with one attached hydrogen (secondary N) is 3. The second-order valence-corrected chi connectivity index (χ2v) is 7.31. The lowest BCUT2D eigenvalue weighted by atomic mass is 10.1. The summed E-state index contributed by atoms with van der Waals surface area (Å²) in [7, 11) is 1.66. The zero-order chi connectivity index (χ0) is 20.8. The maximum atomic E-state index is 12.4. The third kappa shape index (κ3) is 5.23. The quantitative estimate of drug-likeness (QED) is 0.264. The molecule has 8 heteroatoms. The molecule has 0 bridgehead atoms. The van der Waals surface area contributed by atoms with Crippen molar-refractivity contribution in [1.29, 1.82) is 0 Å². The molecule has 29 heavy (non-hydrogen) atoms. The fourth-order valence-electron chi connectivity index (χ4n) is 3.03. The molecule has 3 rings (SSSR count). The topological polar surface area (TPSA) is 113 Å². The molecule has 0 radical (unpaired) electrons. The molecule has 2 aromatic heterocycles. The Morgan fingerprint density at radius 1 is 1.28 bits per heavy atom. The van der Waals surface area contributed by atoms with E-state index in [2.05, 4.69) is 45.5 Å². The van der Waals surface area contributed by atoms with Crippen LogP contribution in [0.15, 0.2) is 46.3 Å². The van der Waals surface area contributed by atoms with Gasteiger partial charge in [0, 0.05) is 37.4 Å². The molecule has 0 atom stereocenters. The summed E-state index contributed by atoms with van der Waals surface area (Å²) in [6, 6.07) is 9.99. The number of hydrogen-bond donors (Lipinski definition) is 4. The molecule has 5 N–H and O–H groups in total. The zero-order valence-corrected chi connectivity index (χ0v) is 17.2. The van der Waals surface area contributed by atoms with Crippen LogP contribution in [0.3, 0.4) is 0 Å². The molecule has 0 unspecified atom stereocenters. The first-order valence-electron chi connectivity index (χ1n) is 9.86. The summed E-state index contributed by atoms with van der Waals surface area (Å²) >= 11 is 0. The molecule has 0 fully saturated rings. The molecular formula is C21H29N7O. The third-order valence-electron chi connectivity index (χ3n) is 4.77. The van der Waals surface area contributed by atoms with Crippen LogP contribution in [0.2, 0.25) is 0 Å². The largest absolute Gasteiger partial charge is 0.370 e. The van der Waals surface area contributed by atoms with Gasteiger partial charge < -0.3 is 21.4 Å². The number of guanidine groups is 1. The maximum absolute atomic E-state index is 12.4. The van der Waals surface area contributed by atoms with E-state index in [9.17, 15) is 4.79 Å². The fourth-order valence-corrected chi connectivity index (χ4v) is 3.03. The van der Waals surface area contributed by atoms with Crippen LogP contribution in [-0.2, 0) is 6.54 Å². The summed E-state index contributed by atoms with van der Waals surface area (Å²) in [6.07, 6.45) is 2.79. The zero-order valence-electron chi connectivity index (χ0n) is 17.2.